The second-order valence-corrected chi connectivity index (χ2v) is 7.93. The Morgan fingerprint density at radius 3 is 2.87 bits per heavy atom. The molecule has 1 saturated heterocycles. The molecule has 1 aliphatic rings. The van der Waals surface area contributed by atoms with Crippen LogP contribution in [0.15, 0.2) is 34.4 Å². The summed E-state index contributed by atoms with van der Waals surface area (Å²) >= 11 is 1.07. The van der Waals surface area contributed by atoms with Crippen molar-refractivity contribution in [2.75, 3.05) is 18.0 Å². The lowest BCUT2D eigenvalue weighted by Gasteiger charge is -2.33. The van der Waals surface area contributed by atoms with Gasteiger partial charge in [0.05, 0.1) is 23.7 Å². The van der Waals surface area contributed by atoms with E-state index < -0.39 is 5.97 Å². The molecule has 0 bridgehead atoms. The monoisotopic (exact) mass is 445 g/mol. The fraction of sp³-hybridized carbons (Fsp3) is 0.300. The number of hydrogen-bond donors (Lipinski definition) is 2. The molecule has 3 aromatic rings. The summed E-state index contributed by atoms with van der Waals surface area (Å²) in [7, 11) is 0. The third-order valence-corrected chi connectivity index (χ3v) is 6.05. The Morgan fingerprint density at radius 2 is 2.17 bits per heavy atom. The highest BCUT2D eigenvalue weighted by Crippen LogP contribution is 2.26. The predicted molar refractivity (Wildman–Crippen MR) is 118 cm³/mol. The van der Waals surface area contributed by atoms with E-state index in [-0.39, 0.29) is 41.6 Å². The number of thiophene rings is 1. The molecule has 3 N–H and O–H groups in total. The standard InChI is InChI=1S/C20H19N5O3S.ClH/c21-8-12-4-1-2-5-13(12)9-25-18(26)17-16(15(11-29-17)19(27)28)23-20(25)24-7-3-6-14(22)10-24;/h1-2,4-5,11,14H,3,6-7,9-10,22H2,(H,27,28);1H. The molecule has 1 fully saturated rings. The van der Waals surface area contributed by atoms with Crippen molar-refractivity contribution in [2.45, 2.75) is 25.4 Å². The van der Waals surface area contributed by atoms with Gasteiger partial charge in [-0.1, -0.05) is 18.2 Å². The third-order valence-electron chi connectivity index (χ3n) is 5.09. The molecule has 8 nitrogen and oxygen atoms in total. The van der Waals surface area contributed by atoms with E-state index in [2.05, 4.69) is 11.1 Å². The van der Waals surface area contributed by atoms with Crippen LogP contribution in [0.25, 0.3) is 10.2 Å². The van der Waals surface area contributed by atoms with Crippen LogP contribution >= 0.6 is 23.7 Å². The highest BCUT2D eigenvalue weighted by Gasteiger charge is 2.25. The van der Waals surface area contributed by atoms with E-state index in [1.54, 1.807) is 18.2 Å². The first kappa shape index (κ1) is 21.8. The fourth-order valence-electron chi connectivity index (χ4n) is 3.65. The fourth-order valence-corrected chi connectivity index (χ4v) is 4.58. The van der Waals surface area contributed by atoms with Gasteiger partial charge in [-0.25, -0.2) is 9.78 Å². The van der Waals surface area contributed by atoms with Crippen LogP contribution < -0.4 is 16.2 Å². The van der Waals surface area contributed by atoms with E-state index in [4.69, 9.17) is 5.73 Å². The molecule has 0 saturated carbocycles. The van der Waals surface area contributed by atoms with Crippen LogP contribution in [0.2, 0.25) is 0 Å². The van der Waals surface area contributed by atoms with Crippen molar-refractivity contribution in [3.63, 3.8) is 0 Å². The highest BCUT2D eigenvalue weighted by atomic mass is 35.5. The number of nitriles is 1. The normalized spacial score (nSPS) is 16.1. The number of carbonyl (C=O) groups is 1. The molecule has 4 rings (SSSR count). The van der Waals surface area contributed by atoms with Gasteiger partial charge >= 0.3 is 5.97 Å². The van der Waals surface area contributed by atoms with Crippen molar-refractivity contribution in [3.05, 3.63) is 56.7 Å². The minimum absolute atomic E-state index is 0. The number of benzene rings is 1. The molecule has 3 heterocycles. The Morgan fingerprint density at radius 1 is 1.40 bits per heavy atom. The van der Waals surface area contributed by atoms with Gasteiger partial charge < -0.3 is 15.7 Å². The average Bonchev–Trinajstić information content (AvgIpc) is 3.15. The predicted octanol–water partition coefficient (Wildman–Crippen LogP) is 2.43. The van der Waals surface area contributed by atoms with Crippen LogP contribution in [0.4, 0.5) is 5.95 Å². The lowest BCUT2D eigenvalue weighted by molar-refractivity contribution is 0.0699. The number of hydrogen-bond acceptors (Lipinski definition) is 7. The summed E-state index contributed by atoms with van der Waals surface area (Å²) in [6.45, 7) is 1.38. The number of aromatic nitrogens is 2. The van der Waals surface area contributed by atoms with E-state index in [9.17, 15) is 20.0 Å². The van der Waals surface area contributed by atoms with Gasteiger partial charge in [0, 0.05) is 24.5 Å². The van der Waals surface area contributed by atoms with Gasteiger partial charge in [0.1, 0.15) is 10.2 Å². The minimum Gasteiger partial charge on any atom is -0.478 e. The number of piperidine rings is 1. The van der Waals surface area contributed by atoms with Crippen LogP contribution in [0.3, 0.4) is 0 Å². The first-order valence-electron chi connectivity index (χ1n) is 9.23. The number of carboxylic acid groups (broad SMARTS) is 1. The molecule has 1 atom stereocenters. The van der Waals surface area contributed by atoms with Crippen molar-refractivity contribution in [1.82, 2.24) is 9.55 Å². The van der Waals surface area contributed by atoms with Crippen molar-refractivity contribution >= 4 is 45.9 Å². The molecule has 0 radical (unpaired) electrons. The van der Waals surface area contributed by atoms with Crippen molar-refractivity contribution in [2.24, 2.45) is 5.73 Å². The van der Waals surface area contributed by atoms with Gasteiger partial charge in [-0.05, 0) is 24.5 Å². The quantitative estimate of drug-likeness (QED) is 0.631. The summed E-state index contributed by atoms with van der Waals surface area (Å²) < 4.78 is 1.82. The molecular weight excluding hydrogens is 426 g/mol. The lowest BCUT2D eigenvalue weighted by Crippen LogP contribution is -2.45. The largest absolute Gasteiger partial charge is 0.478 e. The second kappa shape index (κ2) is 8.83. The zero-order chi connectivity index (χ0) is 20.5. The topological polar surface area (TPSA) is 125 Å². The van der Waals surface area contributed by atoms with Crippen molar-refractivity contribution < 1.29 is 9.90 Å². The van der Waals surface area contributed by atoms with E-state index in [1.807, 2.05) is 11.0 Å². The summed E-state index contributed by atoms with van der Waals surface area (Å²) in [5, 5.41) is 20.3. The molecule has 0 amide bonds. The van der Waals surface area contributed by atoms with Gasteiger partial charge in [0.25, 0.3) is 5.56 Å². The number of nitrogens with zero attached hydrogens (tertiary/aromatic N) is 4. The summed E-state index contributed by atoms with van der Waals surface area (Å²) in [5.41, 5.74) is 7.23. The van der Waals surface area contributed by atoms with Crippen LogP contribution in [0, 0.1) is 11.3 Å². The maximum atomic E-state index is 13.3. The summed E-state index contributed by atoms with van der Waals surface area (Å²) in [6.07, 6.45) is 1.75. The van der Waals surface area contributed by atoms with Gasteiger partial charge in [-0.2, -0.15) is 5.26 Å². The first-order valence-corrected chi connectivity index (χ1v) is 10.1. The Hall–Kier alpha value is -2.93. The molecule has 1 unspecified atom stereocenters. The molecular formula is C20H20ClN5O3S. The van der Waals surface area contributed by atoms with E-state index >= 15 is 0 Å². The van der Waals surface area contributed by atoms with E-state index in [0.29, 0.717) is 34.9 Å². The highest BCUT2D eigenvalue weighted by molar-refractivity contribution is 7.17. The third kappa shape index (κ3) is 3.89. The molecule has 1 aromatic carbocycles. The first-order chi connectivity index (χ1) is 14.0. The molecule has 1 aliphatic heterocycles. The Kier molecular flexibility index (Phi) is 6.41. The Bertz CT molecular complexity index is 1200. The number of fused-ring (bicyclic) bond motifs is 1. The SMILES string of the molecule is Cl.N#Cc1ccccc1Cn1c(N2CCCC(N)C2)nc2c(C(=O)O)csc2c1=O. The molecule has 2 aromatic heterocycles. The zero-order valence-electron chi connectivity index (χ0n) is 15.9. The number of aromatic carboxylic acids is 1. The number of carboxylic acids is 1. The zero-order valence-corrected chi connectivity index (χ0v) is 17.6. The van der Waals surface area contributed by atoms with Gasteiger partial charge in [0.2, 0.25) is 5.95 Å². The number of nitrogens with two attached hydrogens (primary N) is 1. The summed E-state index contributed by atoms with van der Waals surface area (Å²) in [4.78, 5) is 31.4. The van der Waals surface area contributed by atoms with Crippen LogP contribution in [0.5, 0.6) is 0 Å². The van der Waals surface area contributed by atoms with Crippen molar-refractivity contribution in [3.8, 4) is 6.07 Å². The Labute approximate surface area is 182 Å². The maximum absolute atomic E-state index is 13.3. The van der Waals surface area contributed by atoms with Crippen LogP contribution in [-0.2, 0) is 6.54 Å². The second-order valence-electron chi connectivity index (χ2n) is 7.05. The van der Waals surface area contributed by atoms with Gasteiger partial charge in [-0.15, -0.1) is 23.7 Å². The molecule has 30 heavy (non-hydrogen) atoms. The van der Waals surface area contributed by atoms with E-state index in [0.717, 1.165) is 24.2 Å². The van der Waals surface area contributed by atoms with Crippen molar-refractivity contribution in [1.29, 1.82) is 5.26 Å². The maximum Gasteiger partial charge on any atom is 0.338 e. The van der Waals surface area contributed by atoms with Crippen LogP contribution in [0.1, 0.15) is 34.3 Å². The number of anilines is 1. The smallest absolute Gasteiger partial charge is 0.338 e. The molecule has 10 heteroatoms. The lowest BCUT2D eigenvalue weighted by atomic mass is 10.1. The number of rotatable bonds is 4. The minimum atomic E-state index is -1.11. The molecule has 0 spiro atoms. The summed E-state index contributed by atoms with van der Waals surface area (Å²) in [5.74, 6) is -0.719. The van der Waals surface area contributed by atoms with Gasteiger partial charge in [-0.3, -0.25) is 9.36 Å². The average molecular weight is 446 g/mol. The van der Waals surface area contributed by atoms with E-state index in [1.165, 1.54) is 9.95 Å². The molecule has 0 aliphatic carbocycles. The molecule has 156 valence electrons. The Balaban J connectivity index is 0.00000256. The number of halogens is 1. The van der Waals surface area contributed by atoms with Gasteiger partial charge in [0.15, 0.2) is 0 Å². The van der Waals surface area contributed by atoms with Crippen LogP contribution in [-0.4, -0.2) is 39.8 Å². The summed E-state index contributed by atoms with van der Waals surface area (Å²) in [6, 6.07) is 9.21.